The number of nitrogens with one attached hydrogen (secondary N) is 1. The molecule has 0 unspecified atom stereocenters. The van der Waals surface area contributed by atoms with Gasteiger partial charge in [0.25, 0.3) is 0 Å². The number of benzene rings is 1. The maximum absolute atomic E-state index is 10.9. The second-order valence-electron chi connectivity index (χ2n) is 3.40. The van der Waals surface area contributed by atoms with Crippen LogP contribution in [0.5, 0.6) is 0 Å². The second-order valence-corrected chi connectivity index (χ2v) is 4.31. The smallest absolute Gasteiger partial charge is 0.307 e. The number of carbonyl (C=O) groups excluding carboxylic acids is 1. The zero-order chi connectivity index (χ0) is 11.4. The maximum Gasteiger partial charge on any atom is 0.307 e. The Hall–Kier alpha value is -1.55. The predicted octanol–water partition coefficient (Wildman–Crippen LogP) is 2.88. The van der Waals surface area contributed by atoms with Crippen LogP contribution in [0.4, 0.5) is 5.69 Å². The van der Waals surface area contributed by atoms with Crippen molar-refractivity contribution >= 4 is 33.1 Å². The van der Waals surface area contributed by atoms with E-state index in [9.17, 15) is 4.79 Å². The van der Waals surface area contributed by atoms with Gasteiger partial charge in [0.2, 0.25) is 0 Å². The zero-order valence-corrected chi connectivity index (χ0v) is 9.84. The van der Waals surface area contributed by atoms with Gasteiger partial charge in [-0.1, -0.05) is 18.2 Å². The van der Waals surface area contributed by atoms with Crippen molar-refractivity contribution in [3.8, 4) is 0 Å². The molecule has 16 heavy (non-hydrogen) atoms. The van der Waals surface area contributed by atoms with Crippen LogP contribution in [0.1, 0.15) is 6.42 Å². The molecule has 4 heteroatoms. The normalized spacial score (nSPS) is 10.3. The first kappa shape index (κ1) is 11.0. The standard InChI is InChI=1S/C12H13NO2S/c1-15-12(14)6-7-13-10-8-16-11-5-3-2-4-9(10)11/h2-5,8,13H,6-7H2,1H3. The van der Waals surface area contributed by atoms with Gasteiger partial charge in [-0.05, 0) is 6.07 Å². The number of fused-ring (bicyclic) bond motifs is 1. The van der Waals surface area contributed by atoms with Crippen LogP contribution in [0.3, 0.4) is 0 Å². The molecule has 0 bridgehead atoms. The quantitative estimate of drug-likeness (QED) is 0.828. The number of carbonyl (C=O) groups is 1. The summed E-state index contributed by atoms with van der Waals surface area (Å²) in [4.78, 5) is 10.9. The van der Waals surface area contributed by atoms with Crippen molar-refractivity contribution in [2.75, 3.05) is 19.0 Å². The third-order valence-corrected chi connectivity index (χ3v) is 3.32. The fourth-order valence-electron chi connectivity index (χ4n) is 1.52. The summed E-state index contributed by atoms with van der Waals surface area (Å²) < 4.78 is 5.83. The van der Waals surface area contributed by atoms with Crippen LogP contribution in [0.2, 0.25) is 0 Å². The average molecular weight is 235 g/mol. The molecule has 0 aliphatic heterocycles. The van der Waals surface area contributed by atoms with Gasteiger partial charge >= 0.3 is 5.97 Å². The van der Waals surface area contributed by atoms with Crippen molar-refractivity contribution < 1.29 is 9.53 Å². The van der Waals surface area contributed by atoms with Gasteiger partial charge in [0.05, 0.1) is 19.2 Å². The SMILES string of the molecule is COC(=O)CCNc1csc2ccccc12. The second kappa shape index (κ2) is 4.99. The number of thiophene rings is 1. The van der Waals surface area contributed by atoms with Gasteiger partial charge in [-0.3, -0.25) is 4.79 Å². The summed E-state index contributed by atoms with van der Waals surface area (Å²) in [6.07, 6.45) is 0.390. The molecule has 1 aromatic carbocycles. The highest BCUT2D eigenvalue weighted by molar-refractivity contribution is 7.17. The summed E-state index contributed by atoms with van der Waals surface area (Å²) in [5.74, 6) is -0.188. The molecule has 0 aliphatic rings. The molecule has 1 N–H and O–H groups in total. The van der Waals surface area contributed by atoms with Crippen LogP contribution in [0.25, 0.3) is 10.1 Å². The number of ether oxygens (including phenoxy) is 1. The summed E-state index contributed by atoms with van der Waals surface area (Å²) in [7, 11) is 1.41. The number of esters is 1. The molecule has 2 aromatic rings. The van der Waals surface area contributed by atoms with Crippen molar-refractivity contribution in [1.82, 2.24) is 0 Å². The lowest BCUT2D eigenvalue weighted by atomic mass is 10.2. The average Bonchev–Trinajstić information content (AvgIpc) is 2.73. The van der Waals surface area contributed by atoms with Gasteiger partial charge in [0.1, 0.15) is 0 Å². The monoisotopic (exact) mass is 235 g/mol. The third-order valence-electron chi connectivity index (χ3n) is 2.35. The first-order chi connectivity index (χ1) is 7.81. The van der Waals surface area contributed by atoms with E-state index in [1.165, 1.54) is 17.2 Å². The zero-order valence-electron chi connectivity index (χ0n) is 9.03. The minimum atomic E-state index is -0.188. The van der Waals surface area contributed by atoms with Crippen LogP contribution >= 0.6 is 11.3 Å². The van der Waals surface area contributed by atoms with Crippen molar-refractivity contribution in [3.63, 3.8) is 0 Å². The number of anilines is 1. The minimum absolute atomic E-state index is 0.188. The highest BCUT2D eigenvalue weighted by Crippen LogP contribution is 2.29. The molecule has 0 saturated carbocycles. The third kappa shape index (κ3) is 2.33. The van der Waals surface area contributed by atoms with E-state index < -0.39 is 0 Å². The van der Waals surface area contributed by atoms with E-state index in [1.807, 2.05) is 12.1 Å². The van der Waals surface area contributed by atoms with Crippen molar-refractivity contribution in [1.29, 1.82) is 0 Å². The Morgan fingerprint density at radius 3 is 3.06 bits per heavy atom. The maximum atomic E-state index is 10.9. The van der Waals surface area contributed by atoms with E-state index in [0.717, 1.165) is 5.69 Å². The largest absolute Gasteiger partial charge is 0.469 e. The van der Waals surface area contributed by atoms with Crippen LogP contribution in [-0.4, -0.2) is 19.6 Å². The molecule has 1 heterocycles. The Morgan fingerprint density at radius 2 is 2.25 bits per heavy atom. The Kier molecular flexibility index (Phi) is 3.41. The lowest BCUT2D eigenvalue weighted by Gasteiger charge is -2.03. The molecule has 0 aliphatic carbocycles. The Bertz CT molecular complexity index is 492. The van der Waals surface area contributed by atoms with Gasteiger partial charge < -0.3 is 10.1 Å². The van der Waals surface area contributed by atoms with Crippen molar-refractivity contribution in [2.24, 2.45) is 0 Å². The molecule has 0 atom stereocenters. The van der Waals surface area contributed by atoms with E-state index in [0.29, 0.717) is 13.0 Å². The number of methoxy groups -OCH3 is 1. The van der Waals surface area contributed by atoms with Crippen LogP contribution in [-0.2, 0) is 9.53 Å². The minimum Gasteiger partial charge on any atom is -0.469 e. The molecule has 0 radical (unpaired) electrons. The van der Waals surface area contributed by atoms with E-state index >= 15 is 0 Å². The van der Waals surface area contributed by atoms with Gasteiger partial charge in [0.15, 0.2) is 0 Å². The van der Waals surface area contributed by atoms with Crippen LogP contribution in [0, 0.1) is 0 Å². The molecule has 1 aromatic heterocycles. The molecule has 0 spiro atoms. The fraction of sp³-hybridized carbons (Fsp3) is 0.250. The molecule has 0 fully saturated rings. The van der Waals surface area contributed by atoms with Gasteiger partial charge in [0, 0.05) is 22.0 Å². The van der Waals surface area contributed by atoms with E-state index in [-0.39, 0.29) is 5.97 Å². The fourth-order valence-corrected chi connectivity index (χ4v) is 2.43. The van der Waals surface area contributed by atoms with Crippen molar-refractivity contribution in [3.05, 3.63) is 29.6 Å². The molecule has 3 nitrogen and oxygen atoms in total. The summed E-state index contributed by atoms with van der Waals surface area (Å²) in [5.41, 5.74) is 1.09. The Morgan fingerprint density at radius 1 is 1.44 bits per heavy atom. The van der Waals surface area contributed by atoms with Gasteiger partial charge in [-0.15, -0.1) is 11.3 Å². The summed E-state index contributed by atoms with van der Waals surface area (Å²) in [5, 5.41) is 6.52. The molecular weight excluding hydrogens is 222 g/mol. The lowest BCUT2D eigenvalue weighted by Crippen LogP contribution is -2.09. The van der Waals surface area contributed by atoms with Gasteiger partial charge in [-0.2, -0.15) is 0 Å². The van der Waals surface area contributed by atoms with E-state index in [2.05, 4.69) is 27.6 Å². The number of hydrogen-bond donors (Lipinski definition) is 1. The molecule has 0 amide bonds. The van der Waals surface area contributed by atoms with E-state index in [4.69, 9.17) is 0 Å². The topological polar surface area (TPSA) is 38.3 Å². The highest BCUT2D eigenvalue weighted by atomic mass is 32.1. The highest BCUT2D eigenvalue weighted by Gasteiger charge is 2.03. The van der Waals surface area contributed by atoms with Crippen LogP contribution < -0.4 is 5.32 Å². The van der Waals surface area contributed by atoms with Crippen LogP contribution in [0.15, 0.2) is 29.6 Å². The first-order valence-corrected chi connectivity index (χ1v) is 5.96. The lowest BCUT2D eigenvalue weighted by molar-refractivity contribution is -0.140. The Balaban J connectivity index is 2.02. The number of hydrogen-bond acceptors (Lipinski definition) is 4. The first-order valence-electron chi connectivity index (χ1n) is 5.08. The molecule has 2 rings (SSSR count). The molecular formula is C12H13NO2S. The van der Waals surface area contributed by atoms with E-state index in [1.54, 1.807) is 11.3 Å². The summed E-state index contributed by atoms with van der Waals surface area (Å²) in [6, 6.07) is 8.20. The molecule has 0 saturated heterocycles. The van der Waals surface area contributed by atoms with Crippen molar-refractivity contribution in [2.45, 2.75) is 6.42 Å². The Labute approximate surface area is 98.0 Å². The van der Waals surface area contributed by atoms with Gasteiger partial charge in [-0.25, -0.2) is 0 Å². The molecule has 84 valence electrons. The number of rotatable bonds is 4. The predicted molar refractivity (Wildman–Crippen MR) is 66.9 cm³/mol. The summed E-state index contributed by atoms with van der Waals surface area (Å²) >= 11 is 1.70. The summed E-state index contributed by atoms with van der Waals surface area (Å²) in [6.45, 7) is 0.605.